The molecule has 11 nitrogen and oxygen atoms in total. The minimum atomic E-state index is -0.524. The summed E-state index contributed by atoms with van der Waals surface area (Å²) in [6.45, 7) is 13.2. The molecule has 40 heavy (non-hydrogen) atoms. The molecule has 1 aliphatic heterocycles. The second kappa shape index (κ2) is 14.8. The lowest BCUT2D eigenvalue weighted by atomic mass is 10.0. The van der Waals surface area contributed by atoms with Crippen LogP contribution in [0.25, 0.3) is 0 Å². The molecule has 1 unspecified atom stereocenters. The SMILES string of the molecule is CCCN(CCNC(CCOC)c1ccc(CNc2ncc3c(n2)N(CC)C(=O)OC3)cc1)C(=O)OC(C)(C)C. The smallest absolute Gasteiger partial charge is 0.415 e. The molecule has 0 saturated heterocycles. The third kappa shape index (κ3) is 9.06. The van der Waals surface area contributed by atoms with Crippen molar-refractivity contribution in [3.05, 3.63) is 47.2 Å². The highest BCUT2D eigenvalue weighted by Gasteiger charge is 2.26. The van der Waals surface area contributed by atoms with Crippen molar-refractivity contribution in [2.75, 3.05) is 50.1 Å². The topological polar surface area (TPSA) is 118 Å². The van der Waals surface area contributed by atoms with Crippen molar-refractivity contribution in [3.8, 4) is 0 Å². The van der Waals surface area contributed by atoms with Gasteiger partial charge in [-0.15, -0.1) is 0 Å². The Bertz CT molecular complexity index is 1110. The number of methoxy groups -OCH3 is 1. The van der Waals surface area contributed by atoms with Gasteiger partial charge in [-0.25, -0.2) is 14.6 Å². The van der Waals surface area contributed by atoms with Gasteiger partial charge in [-0.1, -0.05) is 31.2 Å². The van der Waals surface area contributed by atoms with E-state index in [0.717, 1.165) is 29.5 Å². The van der Waals surface area contributed by atoms with E-state index in [-0.39, 0.29) is 18.7 Å². The van der Waals surface area contributed by atoms with E-state index in [1.165, 1.54) is 4.90 Å². The molecule has 1 aliphatic rings. The van der Waals surface area contributed by atoms with E-state index in [1.807, 2.05) is 27.7 Å². The number of hydrogen-bond donors (Lipinski definition) is 2. The predicted molar refractivity (Wildman–Crippen MR) is 154 cm³/mol. The zero-order chi connectivity index (χ0) is 29.1. The Labute approximate surface area is 237 Å². The summed E-state index contributed by atoms with van der Waals surface area (Å²) in [5, 5.41) is 6.84. The number of fused-ring (bicyclic) bond motifs is 1. The molecule has 2 heterocycles. The van der Waals surface area contributed by atoms with Crippen LogP contribution in [0.3, 0.4) is 0 Å². The number of carbonyl (C=O) groups excluding carboxylic acids is 2. The van der Waals surface area contributed by atoms with Crippen LogP contribution in [0.15, 0.2) is 30.5 Å². The third-order valence-corrected chi connectivity index (χ3v) is 6.35. The van der Waals surface area contributed by atoms with Crippen molar-refractivity contribution in [3.63, 3.8) is 0 Å². The van der Waals surface area contributed by atoms with Crippen molar-refractivity contribution in [2.45, 2.75) is 72.3 Å². The Balaban J connectivity index is 1.59. The van der Waals surface area contributed by atoms with Gasteiger partial charge in [0.2, 0.25) is 5.95 Å². The van der Waals surface area contributed by atoms with Crippen LogP contribution in [0.5, 0.6) is 0 Å². The number of benzene rings is 1. The molecule has 3 rings (SSSR count). The van der Waals surface area contributed by atoms with Crippen LogP contribution >= 0.6 is 0 Å². The van der Waals surface area contributed by atoms with E-state index in [2.05, 4.69) is 51.8 Å². The molecular weight excluding hydrogens is 512 g/mol. The van der Waals surface area contributed by atoms with Gasteiger partial charge in [0.25, 0.3) is 0 Å². The van der Waals surface area contributed by atoms with E-state index in [9.17, 15) is 9.59 Å². The maximum atomic E-state index is 12.6. The lowest BCUT2D eigenvalue weighted by Gasteiger charge is -2.28. The summed E-state index contributed by atoms with van der Waals surface area (Å²) in [7, 11) is 1.70. The molecular formula is C29H44N6O5. The Hall–Kier alpha value is -3.44. The Morgan fingerprint density at radius 2 is 1.95 bits per heavy atom. The summed E-state index contributed by atoms with van der Waals surface area (Å²) in [5.41, 5.74) is 2.47. The van der Waals surface area contributed by atoms with Crippen LogP contribution in [0, 0.1) is 0 Å². The molecule has 220 valence electrons. The molecule has 0 fully saturated rings. The van der Waals surface area contributed by atoms with Crippen LogP contribution in [0.1, 0.15) is 70.2 Å². The van der Waals surface area contributed by atoms with Gasteiger partial charge in [-0.05, 0) is 51.7 Å². The average molecular weight is 557 g/mol. The van der Waals surface area contributed by atoms with Crippen molar-refractivity contribution < 1.29 is 23.8 Å². The van der Waals surface area contributed by atoms with E-state index in [4.69, 9.17) is 14.2 Å². The number of rotatable bonds is 14. The highest BCUT2D eigenvalue weighted by molar-refractivity contribution is 5.89. The van der Waals surface area contributed by atoms with E-state index < -0.39 is 11.7 Å². The minimum Gasteiger partial charge on any atom is -0.444 e. The number of cyclic esters (lactones) is 1. The van der Waals surface area contributed by atoms with Crippen molar-refractivity contribution in [2.24, 2.45) is 0 Å². The first-order valence-corrected chi connectivity index (χ1v) is 14.0. The van der Waals surface area contributed by atoms with Crippen LogP contribution in [-0.4, -0.2) is 72.6 Å². The first-order chi connectivity index (χ1) is 19.1. The molecule has 0 saturated carbocycles. The second-order valence-corrected chi connectivity index (χ2v) is 10.7. The summed E-state index contributed by atoms with van der Waals surface area (Å²) in [6.07, 6.45) is 2.68. The first-order valence-electron chi connectivity index (χ1n) is 14.0. The predicted octanol–water partition coefficient (Wildman–Crippen LogP) is 4.88. The fourth-order valence-electron chi connectivity index (χ4n) is 4.34. The lowest BCUT2D eigenvalue weighted by molar-refractivity contribution is 0.0250. The summed E-state index contributed by atoms with van der Waals surface area (Å²) in [4.78, 5) is 36.8. The fraction of sp³-hybridized carbons (Fsp3) is 0.586. The normalized spacial score (nSPS) is 13.8. The zero-order valence-electron chi connectivity index (χ0n) is 24.7. The number of nitrogens with zero attached hydrogens (tertiary/aromatic N) is 4. The van der Waals surface area contributed by atoms with Crippen LogP contribution in [-0.2, 0) is 27.4 Å². The molecule has 2 N–H and O–H groups in total. The molecule has 0 bridgehead atoms. The number of nitrogens with one attached hydrogen (secondary N) is 2. The van der Waals surface area contributed by atoms with Gasteiger partial charge in [-0.2, -0.15) is 4.98 Å². The van der Waals surface area contributed by atoms with Gasteiger partial charge in [0.15, 0.2) is 0 Å². The van der Waals surface area contributed by atoms with Gasteiger partial charge in [0.05, 0.1) is 5.56 Å². The fourth-order valence-corrected chi connectivity index (χ4v) is 4.34. The van der Waals surface area contributed by atoms with Gasteiger partial charge in [0.1, 0.15) is 18.0 Å². The van der Waals surface area contributed by atoms with Gasteiger partial charge < -0.3 is 29.7 Å². The molecule has 0 aliphatic carbocycles. The third-order valence-electron chi connectivity index (χ3n) is 6.35. The number of hydrogen-bond acceptors (Lipinski definition) is 9. The number of carbonyl (C=O) groups is 2. The van der Waals surface area contributed by atoms with E-state index in [0.29, 0.717) is 51.1 Å². The highest BCUT2D eigenvalue weighted by Crippen LogP contribution is 2.25. The standard InChI is InChI=1S/C29H44N6O5/c1-7-15-34(27(36)40-29(3,4)5)16-14-30-24(13-17-38-6)22-11-9-21(10-12-22)18-31-26-32-19-23-20-39-28(37)35(8-2)25(23)33-26/h9-12,19,24,30H,7-8,13-18,20H2,1-6H3,(H,31,32,33). The zero-order valence-corrected chi connectivity index (χ0v) is 24.7. The Kier molecular flexibility index (Phi) is 11.5. The van der Waals surface area contributed by atoms with E-state index >= 15 is 0 Å². The number of anilines is 2. The highest BCUT2D eigenvalue weighted by atomic mass is 16.6. The molecule has 1 aromatic carbocycles. The quantitative estimate of drug-likeness (QED) is 0.336. The monoisotopic (exact) mass is 556 g/mol. The summed E-state index contributed by atoms with van der Waals surface area (Å²) in [6, 6.07) is 8.42. The number of aromatic nitrogens is 2. The summed E-state index contributed by atoms with van der Waals surface area (Å²) < 4.78 is 16.1. The Morgan fingerprint density at radius 1 is 1.20 bits per heavy atom. The maximum Gasteiger partial charge on any atom is 0.415 e. The average Bonchev–Trinajstić information content (AvgIpc) is 2.92. The molecule has 0 radical (unpaired) electrons. The molecule has 11 heteroatoms. The van der Waals surface area contributed by atoms with Crippen LogP contribution in [0.4, 0.5) is 21.4 Å². The first kappa shape index (κ1) is 31.1. The van der Waals surface area contributed by atoms with Crippen molar-refractivity contribution in [1.29, 1.82) is 0 Å². The number of amides is 2. The summed E-state index contributed by atoms with van der Waals surface area (Å²) in [5.74, 6) is 1.04. The molecule has 1 atom stereocenters. The van der Waals surface area contributed by atoms with Crippen LogP contribution in [0.2, 0.25) is 0 Å². The summed E-state index contributed by atoms with van der Waals surface area (Å²) >= 11 is 0. The van der Waals surface area contributed by atoms with Gasteiger partial charge >= 0.3 is 12.2 Å². The molecule has 2 amide bonds. The lowest BCUT2D eigenvalue weighted by Crippen LogP contribution is -2.41. The Morgan fingerprint density at radius 3 is 2.60 bits per heavy atom. The van der Waals surface area contributed by atoms with Crippen LogP contribution < -0.4 is 15.5 Å². The van der Waals surface area contributed by atoms with Crippen molar-refractivity contribution in [1.82, 2.24) is 20.2 Å². The van der Waals surface area contributed by atoms with E-state index in [1.54, 1.807) is 18.2 Å². The largest absolute Gasteiger partial charge is 0.444 e. The minimum absolute atomic E-state index is 0.0767. The number of ether oxygens (including phenoxy) is 3. The molecule has 2 aromatic rings. The molecule has 1 aromatic heterocycles. The van der Waals surface area contributed by atoms with Crippen molar-refractivity contribution >= 4 is 24.0 Å². The van der Waals surface area contributed by atoms with Gasteiger partial charge in [-0.3, -0.25) is 4.90 Å². The molecule has 0 spiro atoms. The maximum absolute atomic E-state index is 12.6. The van der Waals surface area contributed by atoms with Gasteiger partial charge in [0, 0.05) is 58.7 Å². The second-order valence-electron chi connectivity index (χ2n) is 10.7.